The molecule has 0 unspecified atom stereocenters. The number of nitrogens with zero attached hydrogens (tertiary/aromatic N) is 2. The molecule has 5 nitrogen and oxygen atoms in total. The Bertz CT molecular complexity index is 908. The molecule has 3 aromatic carbocycles. The van der Waals surface area contributed by atoms with Crippen molar-refractivity contribution in [2.24, 2.45) is 5.73 Å². The second kappa shape index (κ2) is 11.6. The van der Waals surface area contributed by atoms with Crippen molar-refractivity contribution in [1.82, 2.24) is 4.90 Å². The highest BCUT2D eigenvalue weighted by Crippen LogP contribution is 2.18. The van der Waals surface area contributed by atoms with Gasteiger partial charge in [0.2, 0.25) is 0 Å². The number of rotatable bonds is 11. The second-order valence-electron chi connectivity index (χ2n) is 7.61. The van der Waals surface area contributed by atoms with Gasteiger partial charge in [-0.25, -0.2) is 0 Å². The standard InChI is InChI=1S/C25H29N3O2S/c1-31-25-14-10-23(11-15-25)19-27(18-22-6-4-21(17-26)5-7-22)16-2-3-20-8-12-24(13-9-20)28(29)30/h4-15H,2-3,16-19,26H2,1H3. The molecule has 31 heavy (non-hydrogen) atoms. The van der Waals surface area contributed by atoms with Crippen LogP contribution in [0, 0.1) is 10.1 Å². The molecular weight excluding hydrogens is 406 g/mol. The van der Waals surface area contributed by atoms with Crippen LogP contribution in [-0.4, -0.2) is 22.6 Å². The Morgan fingerprint density at radius 2 is 1.35 bits per heavy atom. The molecule has 0 radical (unpaired) electrons. The van der Waals surface area contributed by atoms with Gasteiger partial charge in [0.05, 0.1) is 4.92 Å². The molecule has 0 saturated heterocycles. The average molecular weight is 436 g/mol. The Labute approximate surface area is 188 Å². The van der Waals surface area contributed by atoms with E-state index in [1.54, 1.807) is 23.9 Å². The van der Waals surface area contributed by atoms with Crippen molar-refractivity contribution >= 4 is 17.4 Å². The summed E-state index contributed by atoms with van der Waals surface area (Å²) in [6.07, 6.45) is 3.97. The molecule has 6 heteroatoms. The summed E-state index contributed by atoms with van der Waals surface area (Å²) in [6.45, 7) is 3.25. The van der Waals surface area contributed by atoms with Crippen LogP contribution in [0.5, 0.6) is 0 Å². The molecule has 162 valence electrons. The van der Waals surface area contributed by atoms with Gasteiger partial charge in [-0.3, -0.25) is 15.0 Å². The van der Waals surface area contributed by atoms with Crippen molar-refractivity contribution in [3.05, 3.63) is 105 Å². The van der Waals surface area contributed by atoms with Crippen LogP contribution in [0.1, 0.15) is 28.7 Å². The Morgan fingerprint density at radius 3 is 1.87 bits per heavy atom. The Hall–Kier alpha value is -2.67. The molecule has 0 spiro atoms. The van der Waals surface area contributed by atoms with Crippen LogP contribution in [0.25, 0.3) is 0 Å². The van der Waals surface area contributed by atoms with Crippen LogP contribution in [0.3, 0.4) is 0 Å². The first-order valence-electron chi connectivity index (χ1n) is 10.4. The quantitative estimate of drug-likeness (QED) is 0.248. The maximum Gasteiger partial charge on any atom is 0.269 e. The number of nitro benzene ring substituents is 1. The molecule has 0 fully saturated rings. The van der Waals surface area contributed by atoms with Crippen LogP contribution in [0.2, 0.25) is 0 Å². The first-order valence-corrected chi connectivity index (χ1v) is 11.7. The molecule has 0 bridgehead atoms. The minimum atomic E-state index is -0.357. The summed E-state index contributed by atoms with van der Waals surface area (Å²) < 4.78 is 0. The van der Waals surface area contributed by atoms with E-state index >= 15 is 0 Å². The molecule has 3 aromatic rings. The van der Waals surface area contributed by atoms with E-state index in [0.29, 0.717) is 6.54 Å². The zero-order valence-electron chi connectivity index (χ0n) is 17.9. The van der Waals surface area contributed by atoms with Crippen LogP contribution in [0.15, 0.2) is 77.7 Å². The van der Waals surface area contributed by atoms with Crippen LogP contribution < -0.4 is 5.73 Å². The topological polar surface area (TPSA) is 72.4 Å². The van der Waals surface area contributed by atoms with Gasteiger partial charge < -0.3 is 5.73 Å². The van der Waals surface area contributed by atoms with Crippen molar-refractivity contribution in [2.45, 2.75) is 37.4 Å². The monoisotopic (exact) mass is 435 g/mol. The molecular formula is C25H29N3O2S. The lowest BCUT2D eigenvalue weighted by molar-refractivity contribution is -0.384. The molecule has 0 aliphatic rings. The molecule has 0 aliphatic heterocycles. The first-order chi connectivity index (χ1) is 15.1. The molecule has 0 aromatic heterocycles. The van der Waals surface area contributed by atoms with Crippen molar-refractivity contribution < 1.29 is 4.92 Å². The summed E-state index contributed by atoms with van der Waals surface area (Å²) in [5.41, 5.74) is 10.7. The van der Waals surface area contributed by atoms with Gasteiger partial charge in [0.15, 0.2) is 0 Å². The average Bonchev–Trinajstić information content (AvgIpc) is 2.80. The fourth-order valence-electron chi connectivity index (χ4n) is 3.53. The third kappa shape index (κ3) is 7.21. The number of hydrogen-bond donors (Lipinski definition) is 1. The van der Waals surface area contributed by atoms with E-state index in [0.717, 1.165) is 43.6 Å². The smallest absolute Gasteiger partial charge is 0.269 e. The van der Waals surface area contributed by atoms with Gasteiger partial charge in [0.1, 0.15) is 0 Å². The van der Waals surface area contributed by atoms with E-state index in [9.17, 15) is 10.1 Å². The molecule has 0 saturated carbocycles. The number of hydrogen-bond acceptors (Lipinski definition) is 5. The number of nitrogens with two attached hydrogens (primary N) is 1. The van der Waals surface area contributed by atoms with E-state index in [1.165, 1.54) is 16.0 Å². The lowest BCUT2D eigenvalue weighted by atomic mass is 10.1. The maximum absolute atomic E-state index is 10.8. The number of nitro groups is 1. The minimum absolute atomic E-state index is 0.139. The summed E-state index contributed by atoms with van der Waals surface area (Å²) in [6, 6.07) is 24.1. The summed E-state index contributed by atoms with van der Waals surface area (Å²) >= 11 is 1.75. The van der Waals surface area contributed by atoms with Crippen LogP contribution in [0.4, 0.5) is 5.69 Å². The maximum atomic E-state index is 10.8. The van der Waals surface area contributed by atoms with E-state index in [2.05, 4.69) is 59.7 Å². The highest BCUT2D eigenvalue weighted by atomic mass is 32.2. The van der Waals surface area contributed by atoms with E-state index in [1.807, 2.05) is 12.1 Å². The van der Waals surface area contributed by atoms with Gasteiger partial charge in [0.25, 0.3) is 5.69 Å². The Morgan fingerprint density at radius 1 is 0.839 bits per heavy atom. The lowest BCUT2D eigenvalue weighted by Gasteiger charge is -2.23. The van der Waals surface area contributed by atoms with E-state index in [-0.39, 0.29) is 10.6 Å². The third-order valence-corrected chi connectivity index (χ3v) is 6.06. The summed E-state index contributed by atoms with van der Waals surface area (Å²) in [4.78, 5) is 14.2. The SMILES string of the molecule is CSc1ccc(CN(CCCc2ccc([N+](=O)[O-])cc2)Cc2ccc(CN)cc2)cc1. The molecule has 0 amide bonds. The minimum Gasteiger partial charge on any atom is -0.326 e. The fourth-order valence-corrected chi connectivity index (χ4v) is 3.94. The molecule has 0 aliphatic carbocycles. The van der Waals surface area contributed by atoms with E-state index < -0.39 is 0 Å². The van der Waals surface area contributed by atoms with Crippen molar-refractivity contribution in [3.8, 4) is 0 Å². The molecule has 3 rings (SSSR count). The fraction of sp³-hybridized carbons (Fsp3) is 0.280. The molecule has 0 heterocycles. The van der Waals surface area contributed by atoms with Crippen LogP contribution >= 0.6 is 11.8 Å². The normalized spacial score (nSPS) is 11.1. The molecule has 2 N–H and O–H groups in total. The number of benzene rings is 3. The van der Waals surface area contributed by atoms with Crippen LogP contribution in [-0.2, 0) is 26.1 Å². The zero-order chi connectivity index (χ0) is 22.1. The largest absolute Gasteiger partial charge is 0.326 e. The highest BCUT2D eigenvalue weighted by Gasteiger charge is 2.09. The van der Waals surface area contributed by atoms with Crippen molar-refractivity contribution in [1.29, 1.82) is 0 Å². The summed E-state index contributed by atoms with van der Waals surface area (Å²) in [5, 5.41) is 10.8. The van der Waals surface area contributed by atoms with Gasteiger partial charge in [-0.05, 0) is 60.0 Å². The number of non-ortho nitro benzene ring substituents is 1. The van der Waals surface area contributed by atoms with Gasteiger partial charge in [-0.2, -0.15) is 0 Å². The number of thioether (sulfide) groups is 1. The van der Waals surface area contributed by atoms with Crippen molar-refractivity contribution in [2.75, 3.05) is 12.8 Å². The van der Waals surface area contributed by atoms with Gasteiger partial charge >= 0.3 is 0 Å². The third-order valence-electron chi connectivity index (χ3n) is 5.32. The molecule has 0 atom stereocenters. The van der Waals surface area contributed by atoms with Gasteiger partial charge in [-0.15, -0.1) is 11.8 Å². The summed E-state index contributed by atoms with van der Waals surface area (Å²) in [7, 11) is 0. The first kappa shape index (κ1) is 23.0. The number of aryl methyl sites for hydroxylation is 1. The predicted molar refractivity (Wildman–Crippen MR) is 128 cm³/mol. The zero-order valence-corrected chi connectivity index (χ0v) is 18.7. The Balaban J connectivity index is 1.63. The Kier molecular flexibility index (Phi) is 8.64. The van der Waals surface area contributed by atoms with E-state index in [4.69, 9.17) is 5.73 Å². The predicted octanol–water partition coefficient (Wildman–Crippen LogP) is 5.41. The van der Waals surface area contributed by atoms with Gasteiger partial charge in [0, 0.05) is 36.7 Å². The van der Waals surface area contributed by atoms with Gasteiger partial charge in [-0.1, -0.05) is 48.5 Å². The second-order valence-corrected chi connectivity index (χ2v) is 8.49. The summed E-state index contributed by atoms with van der Waals surface area (Å²) in [5.74, 6) is 0. The highest BCUT2D eigenvalue weighted by molar-refractivity contribution is 7.98. The van der Waals surface area contributed by atoms with Crippen molar-refractivity contribution in [3.63, 3.8) is 0 Å². The lowest BCUT2D eigenvalue weighted by Crippen LogP contribution is -2.24.